The van der Waals surface area contributed by atoms with Gasteiger partial charge in [-0.3, -0.25) is 0 Å². The van der Waals surface area contributed by atoms with Crippen LogP contribution < -0.4 is 5.32 Å². The predicted molar refractivity (Wildman–Crippen MR) is 88.5 cm³/mol. The summed E-state index contributed by atoms with van der Waals surface area (Å²) in [6.07, 6.45) is 3.55. The summed E-state index contributed by atoms with van der Waals surface area (Å²) in [6, 6.07) is 9.12. The molecule has 2 N–H and O–H groups in total. The Balaban J connectivity index is 1.94. The van der Waals surface area contributed by atoms with E-state index < -0.39 is 0 Å². The maximum atomic E-state index is 9.72. The Morgan fingerprint density at radius 2 is 1.86 bits per heavy atom. The average Bonchev–Trinajstić information content (AvgIpc) is 2.53. The molecule has 118 valence electrons. The summed E-state index contributed by atoms with van der Waals surface area (Å²) in [4.78, 5) is 2.40. The van der Waals surface area contributed by atoms with Crippen molar-refractivity contribution in [3.05, 3.63) is 35.4 Å². The fourth-order valence-electron chi connectivity index (χ4n) is 3.22. The first kappa shape index (κ1) is 16.5. The summed E-state index contributed by atoms with van der Waals surface area (Å²) in [5.41, 5.74) is 2.54. The van der Waals surface area contributed by atoms with E-state index in [0.717, 1.165) is 6.42 Å². The highest BCUT2D eigenvalue weighted by molar-refractivity contribution is 5.25. The molecule has 3 heteroatoms. The van der Waals surface area contributed by atoms with E-state index in [-0.39, 0.29) is 12.6 Å². The quantitative estimate of drug-likeness (QED) is 0.845. The van der Waals surface area contributed by atoms with Gasteiger partial charge in [-0.1, -0.05) is 31.2 Å². The monoisotopic (exact) mass is 290 g/mol. The van der Waals surface area contributed by atoms with E-state index in [1.807, 2.05) is 0 Å². The van der Waals surface area contributed by atoms with Crippen LogP contribution in [0, 0.1) is 5.92 Å². The van der Waals surface area contributed by atoms with Crippen molar-refractivity contribution in [2.75, 3.05) is 26.7 Å². The predicted octanol–water partition coefficient (Wildman–Crippen LogP) is 2.60. The fraction of sp³-hybridized carbons (Fsp3) is 0.667. The highest BCUT2D eigenvalue weighted by atomic mass is 16.3. The van der Waals surface area contributed by atoms with Crippen LogP contribution in [0.1, 0.15) is 43.9 Å². The minimum atomic E-state index is 0.0468. The second-order valence-corrected chi connectivity index (χ2v) is 6.43. The van der Waals surface area contributed by atoms with Crippen molar-refractivity contribution in [2.45, 2.75) is 45.2 Å². The van der Waals surface area contributed by atoms with E-state index in [1.54, 1.807) is 0 Å². The third-order valence-corrected chi connectivity index (χ3v) is 4.91. The SMILES string of the molecule is CCc1ccc(C(CO)NC(C)C2CCN(C)CC2)cc1. The number of nitrogens with zero attached hydrogens (tertiary/aromatic N) is 1. The molecular formula is C18H30N2O. The van der Waals surface area contributed by atoms with Crippen LogP contribution in [-0.2, 0) is 6.42 Å². The highest BCUT2D eigenvalue weighted by Crippen LogP contribution is 2.22. The molecule has 1 aromatic carbocycles. The number of hydrogen-bond donors (Lipinski definition) is 2. The van der Waals surface area contributed by atoms with Crippen molar-refractivity contribution in [3.8, 4) is 0 Å². The molecule has 0 amide bonds. The highest BCUT2D eigenvalue weighted by Gasteiger charge is 2.24. The molecule has 2 unspecified atom stereocenters. The van der Waals surface area contributed by atoms with E-state index >= 15 is 0 Å². The maximum absolute atomic E-state index is 9.72. The number of aliphatic hydroxyl groups excluding tert-OH is 1. The molecular weight excluding hydrogens is 260 g/mol. The summed E-state index contributed by atoms with van der Waals surface area (Å²) >= 11 is 0. The zero-order valence-corrected chi connectivity index (χ0v) is 13.7. The molecule has 1 heterocycles. The molecule has 0 spiro atoms. The molecule has 1 fully saturated rings. The first-order valence-corrected chi connectivity index (χ1v) is 8.28. The molecule has 0 bridgehead atoms. The molecule has 2 atom stereocenters. The minimum Gasteiger partial charge on any atom is -0.394 e. The van der Waals surface area contributed by atoms with Gasteiger partial charge in [-0.15, -0.1) is 0 Å². The summed E-state index contributed by atoms with van der Waals surface area (Å²) in [5.74, 6) is 0.713. The molecule has 1 aromatic rings. The van der Waals surface area contributed by atoms with Gasteiger partial charge in [0.15, 0.2) is 0 Å². The van der Waals surface area contributed by atoms with Crippen molar-refractivity contribution < 1.29 is 5.11 Å². The van der Waals surface area contributed by atoms with Gasteiger partial charge in [0.2, 0.25) is 0 Å². The Kier molecular flexibility index (Phi) is 6.22. The van der Waals surface area contributed by atoms with Crippen LogP contribution >= 0.6 is 0 Å². The van der Waals surface area contributed by atoms with Crippen molar-refractivity contribution in [1.82, 2.24) is 10.2 Å². The van der Waals surface area contributed by atoms with Crippen molar-refractivity contribution in [3.63, 3.8) is 0 Å². The van der Waals surface area contributed by atoms with Crippen molar-refractivity contribution in [2.24, 2.45) is 5.92 Å². The normalized spacial score (nSPS) is 20.4. The Bertz CT molecular complexity index is 410. The zero-order chi connectivity index (χ0) is 15.2. The van der Waals surface area contributed by atoms with E-state index in [1.165, 1.54) is 37.1 Å². The van der Waals surface area contributed by atoms with Crippen molar-refractivity contribution in [1.29, 1.82) is 0 Å². The molecule has 0 aliphatic carbocycles. The van der Waals surface area contributed by atoms with Crippen molar-refractivity contribution >= 4 is 0 Å². The summed E-state index contributed by atoms with van der Waals surface area (Å²) in [7, 11) is 2.19. The lowest BCUT2D eigenvalue weighted by Crippen LogP contribution is -2.42. The number of likely N-dealkylation sites (tertiary alicyclic amines) is 1. The minimum absolute atomic E-state index is 0.0468. The number of hydrogen-bond acceptors (Lipinski definition) is 3. The third kappa shape index (κ3) is 4.53. The van der Waals surface area contributed by atoms with Gasteiger partial charge < -0.3 is 15.3 Å². The van der Waals surface area contributed by atoms with Crippen LogP contribution in [-0.4, -0.2) is 42.8 Å². The number of aliphatic hydroxyl groups is 1. The zero-order valence-electron chi connectivity index (χ0n) is 13.7. The number of benzene rings is 1. The van der Waals surface area contributed by atoms with Crippen LogP contribution in [0.5, 0.6) is 0 Å². The Morgan fingerprint density at radius 1 is 1.24 bits per heavy atom. The fourth-order valence-corrected chi connectivity index (χ4v) is 3.22. The van der Waals surface area contributed by atoms with Crippen LogP contribution in [0.2, 0.25) is 0 Å². The molecule has 1 saturated heterocycles. The molecule has 1 aliphatic heterocycles. The molecule has 21 heavy (non-hydrogen) atoms. The summed E-state index contributed by atoms with van der Waals surface area (Å²) in [5, 5.41) is 13.4. The van der Waals surface area contributed by atoms with Crippen LogP contribution in [0.4, 0.5) is 0 Å². The Morgan fingerprint density at radius 3 is 2.38 bits per heavy atom. The van der Waals surface area contributed by atoms with Crippen LogP contribution in [0.15, 0.2) is 24.3 Å². The smallest absolute Gasteiger partial charge is 0.0626 e. The number of rotatable bonds is 6. The van der Waals surface area contributed by atoms with Gasteiger partial charge >= 0.3 is 0 Å². The molecule has 0 saturated carbocycles. The van der Waals surface area contributed by atoms with E-state index in [0.29, 0.717) is 12.0 Å². The maximum Gasteiger partial charge on any atom is 0.0626 e. The lowest BCUT2D eigenvalue weighted by Gasteiger charge is -2.35. The molecule has 2 rings (SSSR count). The summed E-state index contributed by atoms with van der Waals surface area (Å²) < 4.78 is 0. The third-order valence-electron chi connectivity index (χ3n) is 4.91. The number of piperidine rings is 1. The van der Waals surface area contributed by atoms with Gasteiger partial charge in [0, 0.05) is 6.04 Å². The van der Waals surface area contributed by atoms with Gasteiger partial charge in [0.25, 0.3) is 0 Å². The topological polar surface area (TPSA) is 35.5 Å². The Labute approximate surface area is 129 Å². The molecule has 1 aliphatic rings. The number of aryl methyl sites for hydroxylation is 1. The molecule has 3 nitrogen and oxygen atoms in total. The first-order chi connectivity index (χ1) is 10.1. The first-order valence-electron chi connectivity index (χ1n) is 8.28. The average molecular weight is 290 g/mol. The van der Waals surface area contributed by atoms with Crippen LogP contribution in [0.25, 0.3) is 0 Å². The lowest BCUT2D eigenvalue weighted by molar-refractivity contribution is 0.168. The molecule has 0 radical (unpaired) electrons. The van der Waals surface area contributed by atoms with Gasteiger partial charge in [-0.2, -0.15) is 0 Å². The largest absolute Gasteiger partial charge is 0.394 e. The van der Waals surface area contributed by atoms with E-state index in [4.69, 9.17) is 0 Å². The van der Waals surface area contributed by atoms with E-state index in [9.17, 15) is 5.11 Å². The standard InChI is InChI=1S/C18H30N2O/c1-4-15-5-7-17(8-6-15)18(13-21)19-14(2)16-9-11-20(3)12-10-16/h5-8,14,16,18-19,21H,4,9-13H2,1-3H3. The van der Waals surface area contributed by atoms with Gasteiger partial charge in [-0.05, 0) is 63.4 Å². The van der Waals surface area contributed by atoms with Gasteiger partial charge in [0.1, 0.15) is 0 Å². The van der Waals surface area contributed by atoms with Crippen LogP contribution in [0.3, 0.4) is 0 Å². The van der Waals surface area contributed by atoms with E-state index in [2.05, 4.69) is 55.4 Å². The Hall–Kier alpha value is -0.900. The van der Waals surface area contributed by atoms with Gasteiger partial charge in [0.05, 0.1) is 12.6 Å². The number of nitrogens with one attached hydrogen (secondary N) is 1. The summed E-state index contributed by atoms with van der Waals surface area (Å²) in [6.45, 7) is 6.96. The van der Waals surface area contributed by atoms with Gasteiger partial charge in [-0.25, -0.2) is 0 Å². The second-order valence-electron chi connectivity index (χ2n) is 6.43. The molecule has 0 aromatic heterocycles. The lowest BCUT2D eigenvalue weighted by atomic mass is 9.89. The second kappa shape index (κ2) is 7.92.